The second-order valence-electron chi connectivity index (χ2n) is 5.35. The van der Waals surface area contributed by atoms with Gasteiger partial charge in [0.15, 0.2) is 0 Å². The summed E-state index contributed by atoms with van der Waals surface area (Å²) < 4.78 is 6.28. The Morgan fingerprint density at radius 2 is 2.11 bits per heavy atom. The molecule has 1 aromatic carbocycles. The molecule has 3 heteroatoms. The third kappa shape index (κ3) is 3.64. The van der Waals surface area contributed by atoms with E-state index >= 15 is 0 Å². The number of nitrogens with one attached hydrogen (secondary N) is 1. The van der Waals surface area contributed by atoms with Gasteiger partial charge in [-0.1, -0.05) is 25.4 Å². The zero-order valence-electron chi connectivity index (χ0n) is 12.0. The van der Waals surface area contributed by atoms with Crippen LogP contribution in [0.1, 0.15) is 45.1 Å². The summed E-state index contributed by atoms with van der Waals surface area (Å²) in [4.78, 5) is 0. The maximum Gasteiger partial charge on any atom is 0.120 e. The molecule has 1 aliphatic rings. The molecule has 0 unspecified atom stereocenters. The average Bonchev–Trinajstić information content (AvgIpc) is 2.38. The van der Waals surface area contributed by atoms with E-state index in [2.05, 4.69) is 25.2 Å². The Hall–Kier alpha value is -0.730. The van der Waals surface area contributed by atoms with Crippen LogP contribution in [0.5, 0.6) is 5.75 Å². The van der Waals surface area contributed by atoms with Crippen molar-refractivity contribution in [2.45, 2.75) is 51.6 Å². The van der Waals surface area contributed by atoms with E-state index in [0.717, 1.165) is 36.7 Å². The molecule has 0 heterocycles. The molecule has 0 saturated heterocycles. The highest BCUT2D eigenvalue weighted by atomic mass is 35.5. The van der Waals surface area contributed by atoms with Crippen molar-refractivity contribution in [1.82, 2.24) is 5.32 Å². The van der Waals surface area contributed by atoms with Crippen LogP contribution in [0.4, 0.5) is 0 Å². The summed E-state index contributed by atoms with van der Waals surface area (Å²) in [5.41, 5.74) is 1.22. The number of hydrogen-bond acceptors (Lipinski definition) is 2. The summed E-state index contributed by atoms with van der Waals surface area (Å²) in [5.74, 6) is 0.970. The van der Waals surface area contributed by atoms with Gasteiger partial charge in [0.25, 0.3) is 0 Å². The van der Waals surface area contributed by atoms with Crippen LogP contribution in [-0.2, 0) is 6.42 Å². The molecule has 1 saturated carbocycles. The summed E-state index contributed by atoms with van der Waals surface area (Å²) in [6.07, 6.45) is 5.65. The van der Waals surface area contributed by atoms with Gasteiger partial charge in [-0.15, -0.1) is 0 Å². The molecular weight excluding hydrogens is 258 g/mol. The third-order valence-electron chi connectivity index (χ3n) is 4.00. The second kappa shape index (κ2) is 6.62. The molecule has 0 aromatic heterocycles. The Balaban J connectivity index is 2.01. The van der Waals surface area contributed by atoms with Gasteiger partial charge in [0.1, 0.15) is 11.4 Å². The first-order chi connectivity index (χ1) is 9.19. The predicted molar refractivity (Wildman–Crippen MR) is 81.2 cm³/mol. The first-order valence-corrected chi connectivity index (χ1v) is 7.75. The minimum atomic E-state index is 0.0566. The van der Waals surface area contributed by atoms with Gasteiger partial charge in [-0.3, -0.25) is 0 Å². The Labute approximate surface area is 121 Å². The maximum atomic E-state index is 6.28. The first kappa shape index (κ1) is 14.7. The highest BCUT2D eigenvalue weighted by molar-refractivity contribution is 6.31. The lowest BCUT2D eigenvalue weighted by Gasteiger charge is -2.42. The molecule has 0 amide bonds. The number of aryl methyl sites for hydroxylation is 1. The van der Waals surface area contributed by atoms with E-state index in [-0.39, 0.29) is 5.60 Å². The maximum absolute atomic E-state index is 6.28. The van der Waals surface area contributed by atoms with E-state index in [4.69, 9.17) is 16.3 Å². The lowest BCUT2D eigenvalue weighted by Crippen LogP contribution is -2.45. The Bertz CT molecular complexity index is 415. The Morgan fingerprint density at radius 3 is 2.68 bits per heavy atom. The van der Waals surface area contributed by atoms with Crippen molar-refractivity contribution in [2.24, 2.45) is 0 Å². The van der Waals surface area contributed by atoms with Gasteiger partial charge in [-0.05, 0) is 69.0 Å². The molecule has 0 bridgehead atoms. The molecule has 0 atom stereocenters. The molecule has 2 nitrogen and oxygen atoms in total. The molecule has 1 aromatic rings. The molecule has 106 valence electrons. The first-order valence-electron chi connectivity index (χ1n) is 7.37. The molecule has 19 heavy (non-hydrogen) atoms. The normalized spacial score (nSPS) is 17.0. The zero-order valence-corrected chi connectivity index (χ0v) is 12.7. The summed E-state index contributed by atoms with van der Waals surface area (Å²) >= 11 is 6.15. The smallest absolute Gasteiger partial charge is 0.120 e. The second-order valence-corrected chi connectivity index (χ2v) is 5.76. The molecular formula is C16H24ClNO. The molecule has 0 aliphatic heterocycles. The van der Waals surface area contributed by atoms with Crippen molar-refractivity contribution >= 4 is 11.6 Å². The molecule has 2 rings (SSSR count). The van der Waals surface area contributed by atoms with Gasteiger partial charge in [-0.25, -0.2) is 0 Å². The van der Waals surface area contributed by atoms with Crippen molar-refractivity contribution in [3.63, 3.8) is 0 Å². The number of ether oxygens (including phenoxy) is 1. The quantitative estimate of drug-likeness (QED) is 0.756. The summed E-state index contributed by atoms with van der Waals surface area (Å²) in [5, 5.41) is 4.23. The predicted octanol–water partition coefficient (Wildman–Crippen LogP) is 4.20. The monoisotopic (exact) mass is 281 g/mol. The molecule has 1 N–H and O–H groups in total. The number of benzene rings is 1. The molecule has 0 radical (unpaired) electrons. The fraction of sp³-hybridized carbons (Fsp3) is 0.625. The Kier molecular flexibility index (Phi) is 5.12. The van der Waals surface area contributed by atoms with Crippen LogP contribution in [0, 0.1) is 0 Å². The van der Waals surface area contributed by atoms with Crippen molar-refractivity contribution in [3.05, 3.63) is 28.8 Å². The van der Waals surface area contributed by atoms with Crippen LogP contribution in [0.2, 0.25) is 5.02 Å². The van der Waals surface area contributed by atoms with Crippen LogP contribution in [-0.4, -0.2) is 18.7 Å². The van der Waals surface area contributed by atoms with Gasteiger partial charge in [0.2, 0.25) is 0 Å². The van der Waals surface area contributed by atoms with Crippen LogP contribution >= 0.6 is 11.6 Å². The standard InChI is InChI=1S/C16H24ClNO/c1-3-13-12-14(6-7-15(13)17)19-16(8-5-9-16)10-11-18-4-2/h6-7,12,18H,3-5,8-11H2,1-2H3. The SMILES string of the molecule is CCNCCC1(Oc2ccc(Cl)c(CC)c2)CCC1. The molecule has 0 spiro atoms. The average molecular weight is 282 g/mol. The van der Waals surface area contributed by atoms with E-state index in [0.29, 0.717) is 0 Å². The molecule has 1 aliphatic carbocycles. The highest BCUT2D eigenvalue weighted by Crippen LogP contribution is 2.39. The third-order valence-corrected chi connectivity index (χ3v) is 4.37. The van der Waals surface area contributed by atoms with Gasteiger partial charge in [-0.2, -0.15) is 0 Å². The van der Waals surface area contributed by atoms with Gasteiger partial charge in [0, 0.05) is 5.02 Å². The van der Waals surface area contributed by atoms with E-state index in [1.807, 2.05) is 12.1 Å². The van der Waals surface area contributed by atoms with Crippen molar-refractivity contribution in [1.29, 1.82) is 0 Å². The minimum absolute atomic E-state index is 0.0566. The number of hydrogen-bond donors (Lipinski definition) is 1. The molecule has 1 fully saturated rings. The van der Waals surface area contributed by atoms with Crippen LogP contribution in [0.3, 0.4) is 0 Å². The van der Waals surface area contributed by atoms with E-state index in [1.165, 1.54) is 24.8 Å². The van der Waals surface area contributed by atoms with Crippen LogP contribution < -0.4 is 10.1 Å². The van der Waals surface area contributed by atoms with Crippen molar-refractivity contribution < 1.29 is 4.74 Å². The lowest BCUT2D eigenvalue weighted by atomic mass is 9.77. The fourth-order valence-corrected chi connectivity index (χ4v) is 2.85. The lowest BCUT2D eigenvalue weighted by molar-refractivity contribution is -0.0141. The summed E-state index contributed by atoms with van der Waals surface area (Å²) in [6, 6.07) is 6.04. The van der Waals surface area contributed by atoms with Gasteiger partial charge >= 0.3 is 0 Å². The minimum Gasteiger partial charge on any atom is -0.487 e. The van der Waals surface area contributed by atoms with E-state index in [1.54, 1.807) is 0 Å². The van der Waals surface area contributed by atoms with E-state index < -0.39 is 0 Å². The van der Waals surface area contributed by atoms with Gasteiger partial charge < -0.3 is 10.1 Å². The topological polar surface area (TPSA) is 21.3 Å². The zero-order chi connectivity index (χ0) is 13.7. The number of halogens is 1. The fourth-order valence-electron chi connectivity index (χ4n) is 2.60. The summed E-state index contributed by atoms with van der Waals surface area (Å²) in [6.45, 7) is 6.32. The van der Waals surface area contributed by atoms with Crippen LogP contribution in [0.25, 0.3) is 0 Å². The van der Waals surface area contributed by atoms with Gasteiger partial charge in [0.05, 0.1) is 0 Å². The summed E-state index contributed by atoms with van der Waals surface area (Å²) in [7, 11) is 0. The largest absolute Gasteiger partial charge is 0.487 e. The van der Waals surface area contributed by atoms with Crippen molar-refractivity contribution in [2.75, 3.05) is 13.1 Å². The highest BCUT2D eigenvalue weighted by Gasteiger charge is 2.38. The Morgan fingerprint density at radius 1 is 1.32 bits per heavy atom. The van der Waals surface area contributed by atoms with E-state index in [9.17, 15) is 0 Å². The van der Waals surface area contributed by atoms with Crippen molar-refractivity contribution in [3.8, 4) is 5.75 Å². The van der Waals surface area contributed by atoms with Crippen LogP contribution in [0.15, 0.2) is 18.2 Å². The number of rotatable bonds is 7.